The molecule has 0 atom stereocenters. The van der Waals surface area contributed by atoms with E-state index < -0.39 is 10.0 Å². The van der Waals surface area contributed by atoms with E-state index >= 15 is 0 Å². The van der Waals surface area contributed by atoms with E-state index in [1.165, 1.54) is 12.1 Å². The lowest BCUT2D eigenvalue weighted by Gasteiger charge is -2.04. The molecular formula is C10H10ClNO2S. The second-order valence-electron chi connectivity index (χ2n) is 2.81. The van der Waals surface area contributed by atoms with Crippen molar-refractivity contribution >= 4 is 21.6 Å². The van der Waals surface area contributed by atoms with Gasteiger partial charge in [0.2, 0.25) is 10.0 Å². The predicted octanol–water partition coefficient (Wildman–Crippen LogP) is 1.64. The molecule has 1 rings (SSSR count). The molecule has 0 aliphatic rings. The lowest BCUT2D eigenvalue weighted by Crippen LogP contribution is -2.24. The Kier molecular flexibility index (Phi) is 4.15. The zero-order valence-corrected chi connectivity index (χ0v) is 9.48. The Balaban J connectivity index is 2.83. The van der Waals surface area contributed by atoms with Crippen LogP contribution in [0.4, 0.5) is 0 Å². The standard InChI is InChI=1S/C10H10ClNO2S/c1-2-3-7-12-15(13,14)10-6-4-5-9(11)8-10/h1,4-6,8,12H,3,7H2. The number of benzene rings is 1. The summed E-state index contributed by atoms with van der Waals surface area (Å²) in [5.74, 6) is 2.35. The van der Waals surface area contributed by atoms with Gasteiger partial charge in [0.15, 0.2) is 0 Å². The van der Waals surface area contributed by atoms with E-state index in [1.807, 2.05) is 0 Å². The number of rotatable bonds is 4. The summed E-state index contributed by atoms with van der Waals surface area (Å²) in [6, 6.07) is 6.06. The lowest BCUT2D eigenvalue weighted by molar-refractivity contribution is 0.582. The SMILES string of the molecule is C#CCCNS(=O)(=O)c1cccc(Cl)c1. The molecule has 80 valence electrons. The summed E-state index contributed by atoms with van der Waals surface area (Å²) >= 11 is 5.69. The first-order valence-electron chi connectivity index (χ1n) is 4.25. The van der Waals surface area contributed by atoms with E-state index in [2.05, 4.69) is 10.6 Å². The van der Waals surface area contributed by atoms with Crippen LogP contribution in [-0.4, -0.2) is 15.0 Å². The molecule has 1 aromatic carbocycles. The number of hydrogen-bond acceptors (Lipinski definition) is 2. The van der Waals surface area contributed by atoms with E-state index in [-0.39, 0.29) is 11.4 Å². The second-order valence-corrected chi connectivity index (χ2v) is 5.01. The van der Waals surface area contributed by atoms with Crippen LogP contribution < -0.4 is 4.72 Å². The maximum Gasteiger partial charge on any atom is 0.240 e. The van der Waals surface area contributed by atoms with Gasteiger partial charge in [-0.2, -0.15) is 0 Å². The summed E-state index contributed by atoms with van der Waals surface area (Å²) in [5, 5.41) is 0.384. The molecule has 0 bridgehead atoms. The van der Waals surface area contributed by atoms with Gasteiger partial charge in [-0.1, -0.05) is 17.7 Å². The molecule has 5 heteroatoms. The molecule has 0 unspecified atom stereocenters. The Hall–Kier alpha value is -1.02. The molecule has 0 spiro atoms. The average molecular weight is 244 g/mol. The molecular weight excluding hydrogens is 234 g/mol. The Morgan fingerprint density at radius 3 is 2.80 bits per heavy atom. The molecule has 0 amide bonds. The summed E-state index contributed by atoms with van der Waals surface area (Å²) in [6.07, 6.45) is 5.38. The Morgan fingerprint density at radius 1 is 1.47 bits per heavy atom. The molecule has 3 nitrogen and oxygen atoms in total. The first kappa shape index (κ1) is 12.1. The van der Waals surface area contributed by atoms with Crippen molar-refractivity contribution in [2.75, 3.05) is 6.54 Å². The molecule has 1 aromatic rings. The minimum absolute atomic E-state index is 0.145. The van der Waals surface area contributed by atoms with Crippen molar-refractivity contribution in [3.8, 4) is 12.3 Å². The van der Waals surface area contributed by atoms with Gasteiger partial charge in [0.1, 0.15) is 0 Å². The number of terminal acetylenes is 1. The van der Waals surface area contributed by atoms with E-state index in [0.29, 0.717) is 11.4 Å². The fraction of sp³-hybridized carbons (Fsp3) is 0.200. The highest BCUT2D eigenvalue weighted by Gasteiger charge is 2.12. The quantitative estimate of drug-likeness (QED) is 0.646. The molecule has 0 saturated heterocycles. The van der Waals surface area contributed by atoms with Crippen LogP contribution in [0.25, 0.3) is 0 Å². The van der Waals surface area contributed by atoms with Crippen LogP contribution in [-0.2, 0) is 10.0 Å². The Morgan fingerprint density at radius 2 is 2.20 bits per heavy atom. The largest absolute Gasteiger partial charge is 0.240 e. The summed E-state index contributed by atoms with van der Waals surface area (Å²) < 4.78 is 25.6. The second kappa shape index (κ2) is 5.17. The van der Waals surface area contributed by atoms with E-state index in [0.717, 1.165) is 0 Å². The van der Waals surface area contributed by atoms with Crippen LogP contribution in [0.15, 0.2) is 29.2 Å². The third-order valence-corrected chi connectivity index (χ3v) is 3.36. The fourth-order valence-electron chi connectivity index (χ4n) is 0.975. The smallest absolute Gasteiger partial charge is 0.210 e. The van der Waals surface area contributed by atoms with Crippen LogP contribution in [0, 0.1) is 12.3 Å². The predicted molar refractivity (Wildman–Crippen MR) is 60.1 cm³/mol. The van der Waals surface area contributed by atoms with Gasteiger partial charge in [-0.3, -0.25) is 0 Å². The summed E-state index contributed by atoms with van der Waals surface area (Å²) in [7, 11) is -3.49. The molecule has 0 aliphatic heterocycles. The van der Waals surface area contributed by atoms with Gasteiger partial charge >= 0.3 is 0 Å². The lowest BCUT2D eigenvalue weighted by atomic mass is 10.4. The normalized spacial score (nSPS) is 10.9. The van der Waals surface area contributed by atoms with Crippen molar-refractivity contribution in [1.82, 2.24) is 4.72 Å². The number of hydrogen-bond donors (Lipinski definition) is 1. The van der Waals surface area contributed by atoms with Crippen molar-refractivity contribution in [1.29, 1.82) is 0 Å². The molecule has 15 heavy (non-hydrogen) atoms. The van der Waals surface area contributed by atoms with Crippen molar-refractivity contribution in [2.45, 2.75) is 11.3 Å². The number of nitrogens with one attached hydrogen (secondary N) is 1. The fourth-order valence-corrected chi connectivity index (χ4v) is 2.31. The van der Waals surface area contributed by atoms with Crippen molar-refractivity contribution in [2.24, 2.45) is 0 Å². The molecule has 0 radical (unpaired) electrons. The van der Waals surface area contributed by atoms with Crippen molar-refractivity contribution < 1.29 is 8.42 Å². The third-order valence-electron chi connectivity index (χ3n) is 1.67. The van der Waals surface area contributed by atoms with E-state index in [9.17, 15) is 8.42 Å². The summed E-state index contributed by atoms with van der Waals surface area (Å²) in [6.45, 7) is 0.228. The zero-order chi connectivity index (χ0) is 11.3. The van der Waals surface area contributed by atoms with Gasteiger partial charge in [-0.25, -0.2) is 13.1 Å². The molecule has 1 N–H and O–H groups in total. The number of halogens is 1. The highest BCUT2D eigenvalue weighted by atomic mass is 35.5. The Labute approximate surface area is 94.5 Å². The monoisotopic (exact) mass is 243 g/mol. The maximum atomic E-state index is 11.6. The first-order valence-corrected chi connectivity index (χ1v) is 6.11. The average Bonchev–Trinajstić information content (AvgIpc) is 2.18. The molecule has 0 aromatic heterocycles. The topological polar surface area (TPSA) is 46.2 Å². The molecule has 0 aliphatic carbocycles. The summed E-state index contributed by atoms with van der Waals surface area (Å²) in [5.41, 5.74) is 0. The Bertz CT molecular complexity index is 476. The van der Waals surface area contributed by atoms with Crippen LogP contribution >= 0.6 is 11.6 Å². The van der Waals surface area contributed by atoms with Gasteiger partial charge in [-0.15, -0.1) is 12.3 Å². The van der Waals surface area contributed by atoms with E-state index in [1.54, 1.807) is 12.1 Å². The highest BCUT2D eigenvalue weighted by Crippen LogP contribution is 2.14. The van der Waals surface area contributed by atoms with Gasteiger partial charge in [0, 0.05) is 18.0 Å². The van der Waals surface area contributed by atoms with Crippen LogP contribution in [0.3, 0.4) is 0 Å². The van der Waals surface area contributed by atoms with E-state index in [4.69, 9.17) is 18.0 Å². The highest BCUT2D eigenvalue weighted by molar-refractivity contribution is 7.89. The van der Waals surface area contributed by atoms with Gasteiger partial charge in [-0.05, 0) is 18.2 Å². The summed E-state index contributed by atoms with van der Waals surface area (Å²) in [4.78, 5) is 0.145. The van der Waals surface area contributed by atoms with Gasteiger partial charge in [0.05, 0.1) is 4.90 Å². The number of sulfonamides is 1. The van der Waals surface area contributed by atoms with Gasteiger partial charge in [0.25, 0.3) is 0 Å². The van der Waals surface area contributed by atoms with Crippen molar-refractivity contribution in [3.05, 3.63) is 29.3 Å². The third kappa shape index (κ3) is 3.56. The molecule has 0 fully saturated rings. The maximum absolute atomic E-state index is 11.6. The van der Waals surface area contributed by atoms with Crippen LogP contribution in [0.5, 0.6) is 0 Å². The zero-order valence-electron chi connectivity index (χ0n) is 7.90. The van der Waals surface area contributed by atoms with Crippen LogP contribution in [0.1, 0.15) is 6.42 Å². The van der Waals surface area contributed by atoms with Crippen LogP contribution in [0.2, 0.25) is 5.02 Å². The minimum atomic E-state index is -3.49. The molecule has 0 saturated carbocycles. The van der Waals surface area contributed by atoms with Gasteiger partial charge < -0.3 is 0 Å². The minimum Gasteiger partial charge on any atom is -0.210 e. The first-order chi connectivity index (χ1) is 7.06. The van der Waals surface area contributed by atoms with Crippen molar-refractivity contribution in [3.63, 3.8) is 0 Å². The molecule has 0 heterocycles.